The highest BCUT2D eigenvalue weighted by Gasteiger charge is 2.19. The summed E-state index contributed by atoms with van der Waals surface area (Å²) in [6.07, 6.45) is 1.66. The monoisotopic (exact) mass is 219 g/mol. The molecule has 0 aromatic carbocycles. The molecule has 0 fully saturated rings. The molecule has 1 unspecified atom stereocenters. The molecule has 1 atom stereocenters. The third kappa shape index (κ3) is 1.65. The van der Waals surface area contributed by atoms with Gasteiger partial charge in [-0.25, -0.2) is 0 Å². The fraction of sp³-hybridized carbons (Fsp3) is 0.417. The van der Waals surface area contributed by atoms with Crippen LogP contribution in [0, 0.1) is 20.8 Å². The van der Waals surface area contributed by atoms with Crippen molar-refractivity contribution in [2.45, 2.75) is 26.8 Å². The quantitative estimate of drug-likeness (QED) is 0.858. The predicted molar refractivity (Wildman–Crippen MR) is 62.3 cm³/mol. The van der Waals surface area contributed by atoms with E-state index in [0.717, 1.165) is 17.1 Å². The van der Waals surface area contributed by atoms with E-state index in [1.807, 2.05) is 23.7 Å². The van der Waals surface area contributed by atoms with E-state index < -0.39 is 0 Å². The van der Waals surface area contributed by atoms with Gasteiger partial charge in [0.15, 0.2) is 0 Å². The van der Waals surface area contributed by atoms with E-state index in [4.69, 9.17) is 10.2 Å². The first-order chi connectivity index (χ1) is 7.65. The summed E-state index contributed by atoms with van der Waals surface area (Å²) in [5, 5.41) is 4.51. The maximum atomic E-state index is 5.80. The number of hydrogen-bond donors (Lipinski definition) is 1. The molecule has 4 nitrogen and oxygen atoms in total. The number of aryl methyl sites for hydroxylation is 1. The molecule has 2 N–H and O–H groups in total. The van der Waals surface area contributed by atoms with Crippen LogP contribution in [0.5, 0.6) is 0 Å². The molecule has 4 heteroatoms. The molecule has 0 bridgehead atoms. The summed E-state index contributed by atoms with van der Waals surface area (Å²) in [4.78, 5) is 0. The normalized spacial score (nSPS) is 13.0. The molecule has 0 aliphatic rings. The summed E-state index contributed by atoms with van der Waals surface area (Å²) < 4.78 is 7.35. The average molecular weight is 219 g/mol. The van der Waals surface area contributed by atoms with Gasteiger partial charge in [0.05, 0.1) is 12.0 Å². The van der Waals surface area contributed by atoms with Crippen molar-refractivity contribution < 1.29 is 4.42 Å². The largest absolute Gasteiger partial charge is 0.467 e. The van der Waals surface area contributed by atoms with Gasteiger partial charge in [-0.3, -0.25) is 4.68 Å². The van der Waals surface area contributed by atoms with E-state index in [1.165, 1.54) is 5.56 Å². The first-order valence-corrected chi connectivity index (χ1v) is 5.41. The van der Waals surface area contributed by atoms with E-state index in [2.05, 4.69) is 18.9 Å². The second-order valence-corrected chi connectivity index (χ2v) is 4.01. The van der Waals surface area contributed by atoms with E-state index in [9.17, 15) is 0 Å². The van der Waals surface area contributed by atoms with Gasteiger partial charge in [0.1, 0.15) is 11.8 Å². The Kier molecular flexibility index (Phi) is 2.83. The molecule has 2 aromatic rings. The van der Waals surface area contributed by atoms with Crippen LogP contribution in [0.25, 0.3) is 0 Å². The highest BCUT2D eigenvalue weighted by Crippen LogP contribution is 2.22. The lowest BCUT2D eigenvalue weighted by Crippen LogP contribution is -2.22. The second-order valence-electron chi connectivity index (χ2n) is 4.01. The van der Waals surface area contributed by atoms with Gasteiger partial charge in [-0.1, -0.05) is 0 Å². The Morgan fingerprint density at radius 1 is 1.44 bits per heavy atom. The summed E-state index contributed by atoms with van der Waals surface area (Å²) in [5.74, 6) is 0.855. The van der Waals surface area contributed by atoms with Crippen LogP contribution in [-0.2, 0) is 0 Å². The third-order valence-corrected chi connectivity index (χ3v) is 3.08. The lowest BCUT2D eigenvalue weighted by molar-refractivity contribution is 0.404. The van der Waals surface area contributed by atoms with Crippen LogP contribution in [0.1, 0.15) is 28.8 Å². The van der Waals surface area contributed by atoms with E-state index in [1.54, 1.807) is 6.26 Å². The van der Waals surface area contributed by atoms with Gasteiger partial charge < -0.3 is 10.2 Å². The van der Waals surface area contributed by atoms with Gasteiger partial charge in [0, 0.05) is 12.2 Å². The molecule has 0 amide bonds. The average Bonchev–Trinajstić information content (AvgIpc) is 2.86. The van der Waals surface area contributed by atoms with E-state index >= 15 is 0 Å². The Labute approximate surface area is 95.1 Å². The summed E-state index contributed by atoms with van der Waals surface area (Å²) in [6.45, 7) is 6.62. The van der Waals surface area contributed by atoms with Gasteiger partial charge in [-0.05, 0) is 38.5 Å². The van der Waals surface area contributed by atoms with Crippen molar-refractivity contribution in [3.8, 4) is 0 Å². The van der Waals surface area contributed by atoms with Gasteiger partial charge in [0.2, 0.25) is 0 Å². The van der Waals surface area contributed by atoms with Crippen molar-refractivity contribution in [2.24, 2.45) is 5.73 Å². The van der Waals surface area contributed by atoms with Crippen molar-refractivity contribution >= 4 is 0 Å². The Morgan fingerprint density at radius 3 is 2.62 bits per heavy atom. The Bertz CT molecular complexity index is 471. The standard InChI is InChI=1S/C12H17N3O/c1-8-9(2)14-15(10(8)3)11(7-13)12-5-4-6-16-12/h4-6,11H,7,13H2,1-3H3. The molecule has 2 aromatic heterocycles. The van der Waals surface area contributed by atoms with Gasteiger partial charge in [0.25, 0.3) is 0 Å². The van der Waals surface area contributed by atoms with E-state index in [0.29, 0.717) is 6.54 Å². The van der Waals surface area contributed by atoms with Crippen molar-refractivity contribution in [3.63, 3.8) is 0 Å². The van der Waals surface area contributed by atoms with E-state index in [-0.39, 0.29) is 6.04 Å². The van der Waals surface area contributed by atoms with Crippen LogP contribution in [0.4, 0.5) is 0 Å². The lowest BCUT2D eigenvalue weighted by Gasteiger charge is -2.14. The minimum Gasteiger partial charge on any atom is -0.467 e. The first-order valence-electron chi connectivity index (χ1n) is 5.41. The van der Waals surface area contributed by atoms with Crippen LogP contribution in [0.3, 0.4) is 0 Å². The molecule has 0 aliphatic carbocycles. The van der Waals surface area contributed by atoms with Crippen LogP contribution >= 0.6 is 0 Å². The maximum absolute atomic E-state index is 5.80. The summed E-state index contributed by atoms with van der Waals surface area (Å²) in [7, 11) is 0. The first kappa shape index (κ1) is 11.0. The Balaban J connectivity index is 2.45. The zero-order valence-electron chi connectivity index (χ0n) is 9.90. The van der Waals surface area contributed by atoms with Gasteiger partial charge in [-0.2, -0.15) is 5.10 Å². The summed E-state index contributed by atoms with van der Waals surface area (Å²) in [6, 6.07) is 3.79. The van der Waals surface area contributed by atoms with Gasteiger partial charge >= 0.3 is 0 Å². The van der Waals surface area contributed by atoms with Crippen LogP contribution in [-0.4, -0.2) is 16.3 Å². The zero-order chi connectivity index (χ0) is 11.7. The molecule has 0 spiro atoms. The molecule has 2 heterocycles. The number of hydrogen-bond acceptors (Lipinski definition) is 3. The Morgan fingerprint density at radius 2 is 2.19 bits per heavy atom. The van der Waals surface area contributed by atoms with Crippen LogP contribution in [0.2, 0.25) is 0 Å². The zero-order valence-corrected chi connectivity index (χ0v) is 9.90. The van der Waals surface area contributed by atoms with Crippen molar-refractivity contribution in [2.75, 3.05) is 6.54 Å². The molecule has 0 aliphatic heterocycles. The molecule has 16 heavy (non-hydrogen) atoms. The molecule has 0 saturated carbocycles. The topological polar surface area (TPSA) is 57.0 Å². The SMILES string of the molecule is Cc1nn(C(CN)c2ccco2)c(C)c1C. The molecular weight excluding hydrogens is 202 g/mol. The summed E-state index contributed by atoms with van der Waals surface area (Å²) >= 11 is 0. The number of furan rings is 1. The third-order valence-electron chi connectivity index (χ3n) is 3.08. The van der Waals surface area contributed by atoms with Crippen molar-refractivity contribution in [1.82, 2.24) is 9.78 Å². The fourth-order valence-corrected chi connectivity index (χ4v) is 1.87. The molecule has 0 saturated heterocycles. The minimum atomic E-state index is -0.0117. The van der Waals surface area contributed by atoms with Crippen LogP contribution < -0.4 is 5.73 Å². The maximum Gasteiger partial charge on any atom is 0.129 e. The highest BCUT2D eigenvalue weighted by atomic mass is 16.3. The molecular formula is C12H17N3O. The lowest BCUT2D eigenvalue weighted by atomic mass is 10.2. The number of nitrogens with two attached hydrogens (primary N) is 1. The predicted octanol–water partition coefficient (Wildman–Crippen LogP) is 1.95. The molecule has 2 rings (SSSR count). The molecule has 0 radical (unpaired) electrons. The second kappa shape index (κ2) is 4.14. The van der Waals surface area contributed by atoms with Crippen molar-refractivity contribution in [3.05, 3.63) is 41.1 Å². The number of nitrogens with zero attached hydrogens (tertiary/aromatic N) is 2. The van der Waals surface area contributed by atoms with Gasteiger partial charge in [-0.15, -0.1) is 0 Å². The molecule has 86 valence electrons. The van der Waals surface area contributed by atoms with Crippen LogP contribution in [0.15, 0.2) is 22.8 Å². The minimum absolute atomic E-state index is 0.0117. The summed E-state index contributed by atoms with van der Waals surface area (Å²) in [5.41, 5.74) is 9.20. The number of rotatable bonds is 3. The fourth-order valence-electron chi connectivity index (χ4n) is 1.87. The Hall–Kier alpha value is -1.55. The number of aromatic nitrogens is 2. The smallest absolute Gasteiger partial charge is 0.129 e. The highest BCUT2D eigenvalue weighted by molar-refractivity contribution is 5.24. The van der Waals surface area contributed by atoms with Crippen molar-refractivity contribution in [1.29, 1.82) is 0 Å².